The molecule has 0 saturated heterocycles. The van der Waals surface area contributed by atoms with Crippen LogP contribution in [0.2, 0.25) is 0 Å². The maximum atomic E-state index is 11.2. The number of allylic oxidation sites excluding steroid dienone is 1. The monoisotopic (exact) mass is 195 g/mol. The summed E-state index contributed by atoms with van der Waals surface area (Å²) in [6.07, 6.45) is 2.53. The molecule has 1 aromatic rings. The van der Waals surface area contributed by atoms with Crippen LogP contribution < -0.4 is 0 Å². The Morgan fingerprint density at radius 2 is 2.31 bits per heavy atom. The highest BCUT2D eigenvalue weighted by atomic mass is 32.1. The number of aryl methyl sites for hydroxylation is 2. The first-order valence-electron chi connectivity index (χ1n) is 4.19. The molecule has 0 aliphatic heterocycles. The molecular formula is C10H13NOS. The Bertz CT molecular complexity index is 308. The van der Waals surface area contributed by atoms with E-state index in [-0.39, 0.29) is 5.78 Å². The van der Waals surface area contributed by atoms with Crippen LogP contribution in [0.5, 0.6) is 0 Å². The molecule has 1 aromatic heterocycles. The van der Waals surface area contributed by atoms with Crippen LogP contribution in [0.3, 0.4) is 0 Å². The number of rotatable bonds is 4. The molecule has 0 atom stereocenters. The van der Waals surface area contributed by atoms with Crippen molar-refractivity contribution in [3.63, 3.8) is 0 Å². The number of aromatic nitrogens is 1. The second-order valence-corrected chi connectivity index (χ2v) is 4.25. The van der Waals surface area contributed by atoms with Gasteiger partial charge in [-0.05, 0) is 13.8 Å². The summed E-state index contributed by atoms with van der Waals surface area (Å²) in [5, 5.41) is 0.918. The Morgan fingerprint density at radius 3 is 2.77 bits per heavy atom. The van der Waals surface area contributed by atoms with Crippen LogP contribution in [0.25, 0.3) is 0 Å². The van der Waals surface area contributed by atoms with Crippen molar-refractivity contribution in [3.8, 4) is 0 Å². The van der Waals surface area contributed by atoms with E-state index >= 15 is 0 Å². The molecule has 0 saturated carbocycles. The maximum Gasteiger partial charge on any atom is 0.143 e. The van der Waals surface area contributed by atoms with Crippen LogP contribution in [0, 0.1) is 13.8 Å². The molecule has 0 aliphatic carbocycles. The van der Waals surface area contributed by atoms with E-state index < -0.39 is 0 Å². The summed E-state index contributed by atoms with van der Waals surface area (Å²) in [5.74, 6) is 0.184. The van der Waals surface area contributed by atoms with Gasteiger partial charge in [0.2, 0.25) is 0 Å². The van der Waals surface area contributed by atoms with E-state index in [4.69, 9.17) is 0 Å². The molecule has 3 heteroatoms. The molecule has 13 heavy (non-hydrogen) atoms. The summed E-state index contributed by atoms with van der Waals surface area (Å²) in [6, 6.07) is 0. The van der Waals surface area contributed by atoms with Gasteiger partial charge in [0.25, 0.3) is 0 Å². The zero-order valence-corrected chi connectivity index (χ0v) is 8.78. The number of Topliss-reactive ketones (excluding diaryl/α,β-unsaturated/α-hetero) is 1. The molecule has 0 fully saturated rings. The highest BCUT2D eigenvalue weighted by Crippen LogP contribution is 2.17. The van der Waals surface area contributed by atoms with Crippen LogP contribution >= 0.6 is 11.3 Å². The number of ketones is 1. The van der Waals surface area contributed by atoms with Crippen LogP contribution in [0.1, 0.15) is 22.0 Å². The zero-order valence-electron chi connectivity index (χ0n) is 7.96. The van der Waals surface area contributed by atoms with Gasteiger partial charge in [-0.3, -0.25) is 4.79 Å². The van der Waals surface area contributed by atoms with Crippen molar-refractivity contribution in [2.45, 2.75) is 26.7 Å². The average Bonchev–Trinajstić information content (AvgIpc) is 2.31. The molecule has 0 amide bonds. The highest BCUT2D eigenvalue weighted by Gasteiger charge is 2.07. The SMILES string of the molecule is C=CCC(=O)Cc1nc(C)c(C)s1. The van der Waals surface area contributed by atoms with Crippen molar-refractivity contribution in [3.05, 3.63) is 28.2 Å². The maximum absolute atomic E-state index is 11.2. The molecule has 2 nitrogen and oxygen atoms in total. The van der Waals surface area contributed by atoms with Crippen molar-refractivity contribution in [1.29, 1.82) is 0 Å². The zero-order chi connectivity index (χ0) is 9.84. The lowest BCUT2D eigenvalue weighted by Crippen LogP contribution is -2.00. The van der Waals surface area contributed by atoms with Crippen LogP contribution in [-0.4, -0.2) is 10.8 Å². The Kier molecular flexibility index (Phi) is 3.37. The van der Waals surface area contributed by atoms with Crippen molar-refractivity contribution >= 4 is 17.1 Å². The van der Waals surface area contributed by atoms with E-state index in [2.05, 4.69) is 11.6 Å². The number of carbonyl (C=O) groups excluding carboxylic acids is 1. The summed E-state index contributed by atoms with van der Waals surface area (Å²) >= 11 is 1.60. The lowest BCUT2D eigenvalue weighted by atomic mass is 10.2. The van der Waals surface area contributed by atoms with Gasteiger partial charge in [-0.2, -0.15) is 0 Å². The third-order valence-electron chi connectivity index (χ3n) is 1.79. The van der Waals surface area contributed by atoms with Gasteiger partial charge >= 0.3 is 0 Å². The van der Waals surface area contributed by atoms with Gasteiger partial charge in [0.1, 0.15) is 10.8 Å². The summed E-state index contributed by atoms with van der Waals surface area (Å²) in [4.78, 5) is 16.7. The lowest BCUT2D eigenvalue weighted by Gasteiger charge is -1.91. The minimum atomic E-state index is 0.184. The van der Waals surface area contributed by atoms with Gasteiger partial charge in [-0.15, -0.1) is 17.9 Å². The minimum absolute atomic E-state index is 0.184. The second kappa shape index (κ2) is 4.33. The Balaban J connectivity index is 2.64. The van der Waals surface area contributed by atoms with Gasteiger partial charge in [-0.1, -0.05) is 6.08 Å². The molecule has 0 aliphatic rings. The smallest absolute Gasteiger partial charge is 0.143 e. The molecule has 1 heterocycles. The van der Waals surface area contributed by atoms with Gasteiger partial charge in [0, 0.05) is 11.3 Å². The summed E-state index contributed by atoms with van der Waals surface area (Å²) < 4.78 is 0. The van der Waals surface area contributed by atoms with Crippen molar-refractivity contribution in [1.82, 2.24) is 4.98 Å². The van der Waals surface area contributed by atoms with Gasteiger partial charge in [-0.25, -0.2) is 4.98 Å². The average molecular weight is 195 g/mol. The molecule has 0 radical (unpaired) electrons. The Hall–Kier alpha value is -0.960. The van der Waals surface area contributed by atoms with Crippen LogP contribution in [0.15, 0.2) is 12.7 Å². The van der Waals surface area contributed by atoms with E-state index in [9.17, 15) is 4.79 Å². The predicted octanol–water partition coefficient (Wildman–Crippen LogP) is 2.45. The van der Waals surface area contributed by atoms with Gasteiger partial charge in [0.15, 0.2) is 0 Å². The largest absolute Gasteiger partial charge is 0.299 e. The molecule has 70 valence electrons. The fraction of sp³-hybridized carbons (Fsp3) is 0.400. The van der Waals surface area contributed by atoms with Crippen molar-refractivity contribution in [2.75, 3.05) is 0 Å². The van der Waals surface area contributed by atoms with E-state index in [1.807, 2.05) is 13.8 Å². The normalized spacial score (nSPS) is 10.0. The number of thiazole rings is 1. The number of nitrogens with zero attached hydrogens (tertiary/aromatic N) is 1. The second-order valence-electron chi connectivity index (χ2n) is 2.96. The molecule has 1 rings (SSSR count). The topological polar surface area (TPSA) is 30.0 Å². The minimum Gasteiger partial charge on any atom is -0.299 e. The molecular weight excluding hydrogens is 182 g/mol. The van der Waals surface area contributed by atoms with E-state index in [1.54, 1.807) is 17.4 Å². The van der Waals surface area contributed by atoms with E-state index in [0.717, 1.165) is 10.7 Å². The van der Waals surface area contributed by atoms with E-state index in [1.165, 1.54) is 4.88 Å². The van der Waals surface area contributed by atoms with E-state index in [0.29, 0.717) is 12.8 Å². The number of carbonyl (C=O) groups is 1. The summed E-state index contributed by atoms with van der Waals surface area (Å²) in [5.41, 5.74) is 1.03. The summed E-state index contributed by atoms with van der Waals surface area (Å²) in [7, 11) is 0. The highest BCUT2D eigenvalue weighted by molar-refractivity contribution is 7.11. The molecule has 0 N–H and O–H groups in total. The van der Waals surface area contributed by atoms with Crippen LogP contribution in [0.4, 0.5) is 0 Å². The first-order chi connectivity index (χ1) is 6.13. The lowest BCUT2D eigenvalue weighted by molar-refractivity contribution is -0.117. The Morgan fingerprint density at radius 1 is 1.62 bits per heavy atom. The van der Waals surface area contributed by atoms with Crippen molar-refractivity contribution in [2.24, 2.45) is 0 Å². The quantitative estimate of drug-likeness (QED) is 0.691. The molecule has 0 spiro atoms. The molecule has 0 aromatic carbocycles. The molecule has 0 unspecified atom stereocenters. The van der Waals surface area contributed by atoms with Crippen LogP contribution in [-0.2, 0) is 11.2 Å². The van der Waals surface area contributed by atoms with Gasteiger partial charge < -0.3 is 0 Å². The first-order valence-corrected chi connectivity index (χ1v) is 5.00. The number of hydrogen-bond donors (Lipinski definition) is 0. The predicted molar refractivity (Wildman–Crippen MR) is 55.1 cm³/mol. The van der Waals surface area contributed by atoms with Gasteiger partial charge in [0.05, 0.1) is 12.1 Å². The fourth-order valence-corrected chi connectivity index (χ4v) is 1.98. The third kappa shape index (κ3) is 2.77. The third-order valence-corrected chi connectivity index (χ3v) is 2.87. The summed E-state index contributed by atoms with van der Waals surface area (Å²) in [6.45, 7) is 7.52. The molecule has 0 bridgehead atoms. The Labute approximate surface area is 82.3 Å². The first kappa shape index (κ1) is 10.1. The fourth-order valence-electron chi connectivity index (χ4n) is 1.02. The number of hydrogen-bond acceptors (Lipinski definition) is 3. The van der Waals surface area contributed by atoms with Crippen molar-refractivity contribution < 1.29 is 4.79 Å². The standard InChI is InChI=1S/C10H13NOS/c1-4-5-9(12)6-10-11-7(2)8(3)13-10/h4H,1,5-6H2,2-3H3.